The van der Waals surface area contributed by atoms with Crippen LogP contribution >= 0.6 is 27.3 Å². The first-order chi connectivity index (χ1) is 16.3. The Labute approximate surface area is 216 Å². The van der Waals surface area contributed by atoms with Crippen molar-refractivity contribution in [1.82, 2.24) is 0 Å². The molecule has 186 valence electrons. The van der Waals surface area contributed by atoms with Crippen LogP contribution < -0.4 is 15.8 Å². The van der Waals surface area contributed by atoms with Gasteiger partial charge in [-0.3, -0.25) is 9.69 Å². The van der Waals surface area contributed by atoms with Gasteiger partial charge in [0.25, 0.3) is 0 Å². The van der Waals surface area contributed by atoms with Gasteiger partial charge < -0.3 is 10.5 Å². The number of carbonyl (C=O) groups excluding carboxylic acids is 2. The van der Waals surface area contributed by atoms with Gasteiger partial charge in [0.15, 0.2) is 5.78 Å². The molecule has 2 heterocycles. The van der Waals surface area contributed by atoms with Crippen molar-refractivity contribution in [2.75, 3.05) is 11.5 Å². The highest BCUT2D eigenvalue weighted by atomic mass is 79.9. The zero-order chi connectivity index (χ0) is 25.7. The number of nitrogens with two attached hydrogens (primary N) is 2. The van der Waals surface area contributed by atoms with E-state index in [-0.39, 0.29) is 34.1 Å². The van der Waals surface area contributed by atoms with Crippen LogP contribution in [0.4, 0.5) is 5.69 Å². The molecule has 0 bridgehead atoms. The van der Waals surface area contributed by atoms with E-state index >= 15 is 0 Å². The predicted octanol–water partition coefficient (Wildman–Crippen LogP) is 4.14. The van der Waals surface area contributed by atoms with Crippen molar-refractivity contribution < 1.29 is 22.7 Å². The zero-order valence-corrected chi connectivity index (χ0v) is 22.7. The van der Waals surface area contributed by atoms with E-state index in [4.69, 9.17) is 15.6 Å². The third-order valence-corrected chi connectivity index (χ3v) is 8.68. The van der Waals surface area contributed by atoms with Gasteiger partial charge in [-0.05, 0) is 71.1 Å². The first-order valence-corrected chi connectivity index (χ1v) is 14.1. The maximum Gasteiger partial charge on any atom is 0.338 e. The van der Waals surface area contributed by atoms with Gasteiger partial charge in [-0.2, -0.15) is 0 Å². The Balaban J connectivity index is 1.99. The molecular weight excluding hydrogens is 554 g/mol. The van der Waals surface area contributed by atoms with E-state index in [0.717, 1.165) is 8.66 Å². The van der Waals surface area contributed by atoms with E-state index in [1.54, 1.807) is 24.0 Å². The number of rotatable bonds is 5. The number of carbonyl (C=O) groups is 2. The van der Waals surface area contributed by atoms with Crippen molar-refractivity contribution in [3.05, 3.63) is 67.7 Å². The molecule has 11 heteroatoms. The number of ketones is 1. The van der Waals surface area contributed by atoms with Crippen molar-refractivity contribution in [1.29, 1.82) is 0 Å². The maximum atomic E-state index is 13.6. The largest absolute Gasteiger partial charge is 0.463 e. The minimum Gasteiger partial charge on any atom is -0.463 e. The zero-order valence-electron chi connectivity index (χ0n) is 19.5. The summed E-state index contributed by atoms with van der Waals surface area (Å²) < 4.78 is 29.8. The number of esters is 1. The minimum atomic E-state index is -3.89. The lowest BCUT2D eigenvalue weighted by Gasteiger charge is -2.44. The molecule has 4 rings (SSSR count). The molecule has 0 fully saturated rings. The molecule has 0 spiro atoms. The summed E-state index contributed by atoms with van der Waals surface area (Å²) in [5, 5.41) is 5.26. The Morgan fingerprint density at radius 3 is 2.40 bits per heavy atom. The van der Waals surface area contributed by atoms with Crippen LogP contribution in [0.3, 0.4) is 0 Å². The average Bonchev–Trinajstić information content (AvgIpc) is 3.17. The Hall–Kier alpha value is -2.47. The number of primary sulfonamides is 1. The van der Waals surface area contributed by atoms with E-state index in [1.165, 1.54) is 23.5 Å². The minimum absolute atomic E-state index is 0.0537. The van der Waals surface area contributed by atoms with Gasteiger partial charge in [-0.1, -0.05) is 13.8 Å². The summed E-state index contributed by atoms with van der Waals surface area (Å²) in [6.45, 7) is 5.87. The molecule has 1 aromatic heterocycles. The fourth-order valence-electron chi connectivity index (χ4n) is 4.67. The highest BCUT2D eigenvalue weighted by Gasteiger charge is 2.47. The van der Waals surface area contributed by atoms with E-state index in [2.05, 4.69) is 15.9 Å². The van der Waals surface area contributed by atoms with Crippen LogP contribution in [0.1, 0.15) is 44.4 Å². The summed E-state index contributed by atoms with van der Waals surface area (Å²) in [6.07, 6.45) is 0.855. The number of Topliss-reactive ketones (excluding diaryl/α,β-unsaturated/α-hetero) is 1. The molecule has 0 saturated heterocycles. The van der Waals surface area contributed by atoms with Crippen LogP contribution in [-0.4, -0.2) is 26.8 Å². The second-order valence-electron chi connectivity index (χ2n) is 9.27. The van der Waals surface area contributed by atoms with E-state index < -0.39 is 21.9 Å². The van der Waals surface area contributed by atoms with Crippen LogP contribution in [0.15, 0.2) is 67.7 Å². The normalized spacial score (nSPS) is 20.2. The molecule has 8 nitrogen and oxygen atoms in total. The molecule has 0 radical (unpaired) electrons. The van der Waals surface area contributed by atoms with Gasteiger partial charge in [-0.15, -0.1) is 11.3 Å². The van der Waals surface area contributed by atoms with Crippen LogP contribution in [0.5, 0.6) is 0 Å². The van der Waals surface area contributed by atoms with Crippen molar-refractivity contribution in [2.24, 2.45) is 16.3 Å². The Bertz CT molecular complexity index is 1370. The number of anilines is 1. The number of hydrogen-bond donors (Lipinski definition) is 2. The molecule has 0 amide bonds. The van der Waals surface area contributed by atoms with Gasteiger partial charge in [0.2, 0.25) is 10.0 Å². The number of hydrogen-bond acceptors (Lipinski definition) is 8. The lowest BCUT2D eigenvalue weighted by molar-refractivity contribution is -0.138. The molecule has 0 saturated carbocycles. The third-order valence-electron chi connectivity index (χ3n) is 6.06. The summed E-state index contributed by atoms with van der Waals surface area (Å²) >= 11 is 4.91. The van der Waals surface area contributed by atoms with Gasteiger partial charge in [0, 0.05) is 28.3 Å². The molecule has 1 aliphatic heterocycles. The van der Waals surface area contributed by atoms with Crippen molar-refractivity contribution in [2.45, 2.75) is 44.4 Å². The number of thiophene rings is 1. The number of benzene rings is 1. The summed E-state index contributed by atoms with van der Waals surface area (Å²) in [5.74, 6) is -1.18. The fraction of sp³-hybridized carbons (Fsp3) is 0.333. The van der Waals surface area contributed by atoms with E-state index in [1.807, 2.05) is 26.0 Å². The molecule has 1 aliphatic carbocycles. The molecular formula is C24H26BrN3O5S2. The SMILES string of the molecule is CCOC(=O)C1=C(N)N(c2ccc(S(N)(=O)=O)cc2)C2=C(C(=O)CC(C)(C)C2)[C@@H]1c1ccc(Br)s1. The summed E-state index contributed by atoms with van der Waals surface area (Å²) in [7, 11) is -3.89. The van der Waals surface area contributed by atoms with Crippen molar-refractivity contribution in [3.8, 4) is 0 Å². The highest BCUT2D eigenvalue weighted by Crippen LogP contribution is 2.51. The third kappa shape index (κ3) is 4.82. The maximum absolute atomic E-state index is 13.6. The molecule has 0 unspecified atom stereocenters. The van der Waals surface area contributed by atoms with E-state index in [0.29, 0.717) is 29.8 Å². The van der Waals surface area contributed by atoms with Crippen LogP contribution in [0, 0.1) is 5.41 Å². The Kier molecular flexibility index (Phi) is 6.73. The van der Waals surface area contributed by atoms with Crippen LogP contribution in [-0.2, 0) is 24.3 Å². The lowest BCUT2D eigenvalue weighted by Crippen LogP contribution is -2.43. The quantitative estimate of drug-likeness (QED) is 0.508. The van der Waals surface area contributed by atoms with Gasteiger partial charge >= 0.3 is 5.97 Å². The van der Waals surface area contributed by atoms with Crippen LogP contribution in [0.2, 0.25) is 0 Å². The monoisotopic (exact) mass is 579 g/mol. The molecule has 4 N–H and O–H groups in total. The predicted molar refractivity (Wildman–Crippen MR) is 138 cm³/mol. The average molecular weight is 581 g/mol. The standard InChI is InChI=1S/C24H26BrN3O5S2/c1-4-33-23(30)21-20(17-9-10-18(25)34-17)19-15(11-24(2,3)12-16(19)29)28(22(21)26)13-5-7-14(8-6-13)35(27,31)32/h5-10,20H,4,11-12,26H2,1-3H3,(H2,27,31,32)/t20-/m0/s1. The molecule has 1 atom stereocenters. The van der Waals surface area contributed by atoms with E-state index in [9.17, 15) is 18.0 Å². The lowest BCUT2D eigenvalue weighted by atomic mass is 9.69. The van der Waals surface area contributed by atoms with Crippen LogP contribution in [0.25, 0.3) is 0 Å². The summed E-state index contributed by atoms with van der Waals surface area (Å²) in [6, 6.07) is 9.62. The van der Waals surface area contributed by atoms with Crippen molar-refractivity contribution >= 4 is 54.7 Å². The van der Waals surface area contributed by atoms with Gasteiger partial charge in [-0.25, -0.2) is 18.4 Å². The number of halogens is 1. The Morgan fingerprint density at radius 2 is 1.86 bits per heavy atom. The van der Waals surface area contributed by atoms with Gasteiger partial charge in [0.1, 0.15) is 5.82 Å². The molecule has 2 aromatic rings. The second-order valence-corrected chi connectivity index (χ2v) is 13.3. The number of nitrogens with zero attached hydrogens (tertiary/aromatic N) is 1. The Morgan fingerprint density at radius 1 is 1.20 bits per heavy atom. The van der Waals surface area contributed by atoms with Gasteiger partial charge in [0.05, 0.1) is 26.8 Å². The summed E-state index contributed by atoms with van der Waals surface area (Å²) in [4.78, 5) is 29.3. The fourth-order valence-corrected chi connectivity index (χ4v) is 6.73. The molecule has 2 aliphatic rings. The van der Waals surface area contributed by atoms with Crippen molar-refractivity contribution in [3.63, 3.8) is 0 Å². The first kappa shape index (κ1) is 25.6. The molecule has 1 aromatic carbocycles. The number of sulfonamides is 1. The second kappa shape index (κ2) is 9.20. The smallest absolute Gasteiger partial charge is 0.338 e. The highest BCUT2D eigenvalue weighted by molar-refractivity contribution is 9.11. The number of allylic oxidation sites excluding steroid dienone is 2. The first-order valence-electron chi connectivity index (χ1n) is 11.0. The number of ether oxygens (including phenoxy) is 1. The topological polar surface area (TPSA) is 133 Å². The summed E-state index contributed by atoms with van der Waals surface area (Å²) in [5.41, 5.74) is 8.25. The molecule has 35 heavy (non-hydrogen) atoms.